The Kier molecular flexibility index (Phi) is 10.1. The van der Waals surface area contributed by atoms with Gasteiger partial charge in [-0.1, -0.05) is 25.0 Å². The van der Waals surface area contributed by atoms with E-state index in [0.717, 1.165) is 51.6 Å². The topological polar surface area (TPSA) is 177 Å². The molecule has 0 aliphatic carbocycles. The first-order valence-electron chi connectivity index (χ1n) is 16.7. The molecule has 3 aliphatic heterocycles. The van der Waals surface area contributed by atoms with Crippen LogP contribution in [0.2, 0.25) is 0 Å². The van der Waals surface area contributed by atoms with Crippen LogP contribution in [-0.4, -0.2) is 103 Å². The molecule has 1 aromatic heterocycles. The van der Waals surface area contributed by atoms with Crippen LogP contribution in [0.4, 0.5) is 0 Å². The van der Waals surface area contributed by atoms with Crippen molar-refractivity contribution in [3.05, 3.63) is 51.9 Å². The molecular weight excluding hydrogens is 608 g/mol. The standard InChI is InChI=1S/C35H46N2O10/c1-19-7-3-5-13-36(19)15-23-28(39)24(16-37-14-6-4-8-20(37)2)34-27(29(23)40)30(41)25(18-45-34)21-9-11-22(12-10-21)46-35-33(44)32(43)31(42)26(17-38)47-35/h9-12,18-20,26,31-33,35,38-40,42-44H,3-8,13-17H2,1-2H3/t19-,20+,26+,31+,32-,33+,35+/m1/s1. The molecule has 3 fully saturated rings. The molecule has 3 saturated heterocycles. The number of aliphatic hydroxyl groups is 4. The third-order valence-corrected chi connectivity index (χ3v) is 10.2. The second kappa shape index (κ2) is 14.1. The van der Waals surface area contributed by atoms with E-state index in [1.165, 1.54) is 6.26 Å². The van der Waals surface area contributed by atoms with Gasteiger partial charge in [0.15, 0.2) is 0 Å². The molecule has 0 spiro atoms. The predicted molar refractivity (Wildman–Crippen MR) is 173 cm³/mol. The number of fused-ring (bicyclic) bond motifs is 1. The average Bonchev–Trinajstić information content (AvgIpc) is 3.07. The highest BCUT2D eigenvalue weighted by Crippen LogP contribution is 2.42. The number of hydrogen-bond acceptors (Lipinski definition) is 12. The van der Waals surface area contributed by atoms with Crippen molar-refractivity contribution in [2.45, 2.75) is 108 Å². The van der Waals surface area contributed by atoms with Gasteiger partial charge < -0.3 is 44.5 Å². The number of aromatic hydroxyl groups is 2. The van der Waals surface area contributed by atoms with E-state index in [1.807, 2.05) is 0 Å². The highest BCUT2D eigenvalue weighted by molar-refractivity contribution is 5.92. The van der Waals surface area contributed by atoms with Crippen LogP contribution in [0.25, 0.3) is 22.1 Å². The molecular formula is C35H46N2O10. The Morgan fingerprint density at radius 2 is 1.45 bits per heavy atom. The lowest BCUT2D eigenvalue weighted by Gasteiger charge is -2.39. The van der Waals surface area contributed by atoms with Crippen molar-refractivity contribution < 1.29 is 44.5 Å². The van der Waals surface area contributed by atoms with Crippen molar-refractivity contribution in [3.8, 4) is 28.4 Å². The first-order chi connectivity index (χ1) is 22.6. The molecule has 6 rings (SSSR count). The molecule has 7 atom stereocenters. The number of hydrogen-bond donors (Lipinski definition) is 6. The number of ether oxygens (including phenoxy) is 2. The number of benzene rings is 2. The van der Waals surface area contributed by atoms with Crippen molar-refractivity contribution in [1.82, 2.24) is 9.80 Å². The van der Waals surface area contributed by atoms with E-state index in [1.54, 1.807) is 24.3 Å². The molecule has 0 saturated carbocycles. The first kappa shape index (κ1) is 33.7. The van der Waals surface area contributed by atoms with Crippen LogP contribution < -0.4 is 10.2 Å². The number of phenolic OH excluding ortho intramolecular Hbond substituents is 2. The zero-order valence-corrected chi connectivity index (χ0v) is 26.9. The first-order valence-corrected chi connectivity index (χ1v) is 16.7. The fourth-order valence-corrected chi connectivity index (χ4v) is 7.16. The van der Waals surface area contributed by atoms with Crippen LogP contribution in [-0.2, 0) is 17.8 Å². The molecule has 6 N–H and O–H groups in total. The second-order valence-electron chi connectivity index (χ2n) is 13.3. The van der Waals surface area contributed by atoms with E-state index in [4.69, 9.17) is 13.9 Å². The van der Waals surface area contributed by atoms with E-state index < -0.39 is 42.7 Å². The van der Waals surface area contributed by atoms with Gasteiger partial charge in [0.2, 0.25) is 11.7 Å². The molecule has 0 amide bonds. The molecule has 12 nitrogen and oxygen atoms in total. The van der Waals surface area contributed by atoms with Crippen LogP contribution >= 0.6 is 0 Å². The number of aliphatic hydroxyl groups excluding tert-OH is 4. The van der Waals surface area contributed by atoms with Crippen molar-refractivity contribution in [1.29, 1.82) is 0 Å². The number of likely N-dealkylation sites (tertiary alicyclic amines) is 2. The summed E-state index contributed by atoms with van der Waals surface area (Å²) >= 11 is 0. The third-order valence-electron chi connectivity index (χ3n) is 10.2. The Bertz CT molecular complexity index is 1610. The Morgan fingerprint density at radius 3 is 2.04 bits per heavy atom. The van der Waals surface area contributed by atoms with Crippen LogP contribution in [0, 0.1) is 0 Å². The van der Waals surface area contributed by atoms with Gasteiger partial charge in [-0.05, 0) is 70.3 Å². The molecule has 4 heterocycles. The summed E-state index contributed by atoms with van der Waals surface area (Å²) in [6.45, 7) is 6.12. The lowest BCUT2D eigenvalue weighted by molar-refractivity contribution is -0.277. The van der Waals surface area contributed by atoms with Gasteiger partial charge in [-0.25, -0.2) is 0 Å². The fraction of sp³-hybridized carbons (Fsp3) is 0.571. The maximum Gasteiger partial charge on any atom is 0.229 e. The Labute approximate surface area is 273 Å². The minimum Gasteiger partial charge on any atom is -0.507 e. The Hall–Kier alpha value is -3.23. The van der Waals surface area contributed by atoms with Gasteiger partial charge in [0.05, 0.1) is 23.3 Å². The van der Waals surface area contributed by atoms with Crippen LogP contribution in [0.5, 0.6) is 17.2 Å². The minimum absolute atomic E-state index is 0.0290. The monoisotopic (exact) mass is 654 g/mol. The second-order valence-corrected chi connectivity index (χ2v) is 13.3. The van der Waals surface area contributed by atoms with Crippen molar-refractivity contribution in [3.63, 3.8) is 0 Å². The van der Waals surface area contributed by atoms with Gasteiger partial charge in [0, 0.05) is 25.2 Å². The molecule has 2 aromatic carbocycles. The predicted octanol–water partition coefficient (Wildman–Crippen LogP) is 2.80. The summed E-state index contributed by atoms with van der Waals surface area (Å²) in [5, 5.41) is 63.3. The SMILES string of the molecule is C[C@@H]1CCCCN1Cc1c(O)c(CN2CCCC[C@@H]2C)c2occ(-c3ccc(O[C@H]4O[C@@H](CO)[C@H](O)[C@@H](O)[C@@H]4O)cc3)c(=O)c2c1O. The molecule has 47 heavy (non-hydrogen) atoms. The minimum atomic E-state index is -1.58. The van der Waals surface area contributed by atoms with Crippen molar-refractivity contribution in [2.24, 2.45) is 0 Å². The molecule has 3 aromatic rings. The Morgan fingerprint density at radius 1 is 0.830 bits per heavy atom. The summed E-state index contributed by atoms with van der Waals surface area (Å²) < 4.78 is 17.2. The average molecular weight is 655 g/mol. The van der Waals surface area contributed by atoms with Gasteiger partial charge in [0.1, 0.15) is 58.9 Å². The number of piperidine rings is 2. The van der Waals surface area contributed by atoms with Crippen LogP contribution in [0.1, 0.15) is 63.5 Å². The number of rotatable bonds is 8. The maximum atomic E-state index is 14.2. The number of nitrogens with zero attached hydrogens (tertiary/aromatic N) is 2. The largest absolute Gasteiger partial charge is 0.507 e. The summed E-state index contributed by atoms with van der Waals surface area (Å²) in [4.78, 5) is 18.7. The zero-order chi connectivity index (χ0) is 33.4. The summed E-state index contributed by atoms with van der Waals surface area (Å²) in [6, 6.07) is 6.89. The lowest BCUT2D eigenvalue weighted by atomic mass is 9.96. The summed E-state index contributed by atoms with van der Waals surface area (Å²) in [5.41, 5.74) is 1.24. The third kappa shape index (κ3) is 6.60. The normalized spacial score (nSPS) is 29.3. The Balaban J connectivity index is 1.36. The van der Waals surface area contributed by atoms with E-state index in [0.29, 0.717) is 35.8 Å². The summed E-state index contributed by atoms with van der Waals surface area (Å²) in [6.07, 6.45) is 0.634. The molecule has 12 heteroatoms. The fourth-order valence-electron chi connectivity index (χ4n) is 7.16. The van der Waals surface area contributed by atoms with Gasteiger partial charge >= 0.3 is 0 Å². The lowest BCUT2D eigenvalue weighted by Crippen LogP contribution is -2.60. The van der Waals surface area contributed by atoms with Crippen molar-refractivity contribution in [2.75, 3.05) is 19.7 Å². The number of phenols is 2. The van der Waals surface area contributed by atoms with Gasteiger partial charge in [-0.15, -0.1) is 0 Å². The smallest absolute Gasteiger partial charge is 0.229 e. The molecule has 0 bridgehead atoms. The summed E-state index contributed by atoms with van der Waals surface area (Å²) in [5.74, 6) is -0.0630. The quantitative estimate of drug-likeness (QED) is 0.210. The summed E-state index contributed by atoms with van der Waals surface area (Å²) in [7, 11) is 0. The van der Waals surface area contributed by atoms with Gasteiger partial charge in [-0.3, -0.25) is 14.6 Å². The highest BCUT2D eigenvalue weighted by Gasteiger charge is 2.44. The zero-order valence-electron chi connectivity index (χ0n) is 26.9. The van der Waals surface area contributed by atoms with E-state index in [-0.39, 0.29) is 39.8 Å². The van der Waals surface area contributed by atoms with Crippen LogP contribution in [0.15, 0.2) is 39.7 Å². The van der Waals surface area contributed by atoms with Crippen LogP contribution in [0.3, 0.4) is 0 Å². The van der Waals surface area contributed by atoms with Gasteiger partial charge in [-0.2, -0.15) is 0 Å². The van der Waals surface area contributed by atoms with E-state index in [9.17, 15) is 35.4 Å². The van der Waals surface area contributed by atoms with Crippen molar-refractivity contribution >= 4 is 11.0 Å². The van der Waals surface area contributed by atoms with E-state index >= 15 is 0 Å². The maximum absolute atomic E-state index is 14.2. The van der Waals surface area contributed by atoms with Gasteiger partial charge in [0.25, 0.3) is 0 Å². The molecule has 0 radical (unpaired) electrons. The highest BCUT2D eigenvalue weighted by atomic mass is 16.7. The molecule has 0 unspecified atom stereocenters. The molecule has 256 valence electrons. The van der Waals surface area contributed by atoms with E-state index in [2.05, 4.69) is 23.6 Å². The molecule has 3 aliphatic rings.